The van der Waals surface area contributed by atoms with E-state index in [1.54, 1.807) is 85.5 Å². The number of nitrogens with one attached hydrogen (secondary N) is 2. The largest absolute Gasteiger partial charge is 2.00 e. The molecule has 0 amide bonds. The van der Waals surface area contributed by atoms with Crippen LogP contribution >= 0.6 is 0 Å². The maximum atomic E-state index is 9.73. The molecule has 2 aromatic heterocycles. The minimum absolute atomic E-state index is 0. The molecular formula is C26H20N6O4Zn. The van der Waals surface area contributed by atoms with Gasteiger partial charge in [-0.05, 0) is 24.3 Å². The number of pyridine rings is 2. The Bertz CT molecular complexity index is 1280. The number of aromatic hydroxyl groups is 2. The van der Waals surface area contributed by atoms with E-state index in [1.165, 1.54) is 0 Å². The van der Waals surface area contributed by atoms with Crippen molar-refractivity contribution in [1.29, 1.82) is 0 Å². The average Bonchev–Trinajstić information content (AvgIpc) is 3.62. The zero-order chi connectivity index (χ0) is 24.7. The first-order valence-corrected chi connectivity index (χ1v) is 10.8. The number of para-hydroxylation sites is 2. The zero-order valence-electron chi connectivity index (χ0n) is 19.4. The van der Waals surface area contributed by atoms with Gasteiger partial charge in [0, 0.05) is 47.4 Å². The number of phenolic OH excluding ortho intramolecular Hbond substituents is 2. The van der Waals surface area contributed by atoms with Crippen LogP contribution in [0.2, 0.25) is 0 Å². The molecule has 37 heavy (non-hydrogen) atoms. The van der Waals surface area contributed by atoms with Crippen molar-refractivity contribution in [1.82, 2.24) is 20.8 Å². The summed E-state index contributed by atoms with van der Waals surface area (Å²) >= 11 is 0. The summed E-state index contributed by atoms with van der Waals surface area (Å²) < 4.78 is 11.2. The monoisotopic (exact) mass is 544 g/mol. The second-order valence-electron chi connectivity index (χ2n) is 7.43. The third-order valence-corrected chi connectivity index (χ3v) is 5.07. The van der Waals surface area contributed by atoms with Crippen molar-refractivity contribution >= 4 is 11.8 Å². The fourth-order valence-electron chi connectivity index (χ4n) is 3.29. The van der Waals surface area contributed by atoms with Gasteiger partial charge in [-0.2, -0.15) is 12.1 Å². The van der Waals surface area contributed by atoms with Crippen molar-refractivity contribution in [3.8, 4) is 11.5 Å². The summed E-state index contributed by atoms with van der Waals surface area (Å²) in [5, 5.41) is 27.6. The summed E-state index contributed by atoms with van der Waals surface area (Å²) in [6.45, 7) is 0. The predicted molar refractivity (Wildman–Crippen MR) is 131 cm³/mol. The topological polar surface area (TPSA) is 133 Å². The van der Waals surface area contributed by atoms with E-state index in [4.69, 9.17) is 9.47 Å². The molecule has 10 nitrogen and oxygen atoms in total. The van der Waals surface area contributed by atoms with Crippen LogP contribution < -0.4 is 10.9 Å². The number of hydrazone groups is 2. The van der Waals surface area contributed by atoms with Crippen LogP contribution in [-0.4, -0.2) is 32.0 Å². The molecule has 0 saturated carbocycles. The summed E-state index contributed by atoms with van der Waals surface area (Å²) in [7, 11) is 0. The number of hydrogen-bond donors (Lipinski definition) is 4. The number of rotatable bonds is 4. The van der Waals surface area contributed by atoms with Gasteiger partial charge in [0.05, 0.1) is 0 Å². The van der Waals surface area contributed by atoms with E-state index < -0.39 is 0 Å². The molecule has 0 saturated heterocycles. The van der Waals surface area contributed by atoms with Crippen LogP contribution in [-0.2, 0) is 29.0 Å². The summed E-state index contributed by atoms with van der Waals surface area (Å²) in [4.78, 5) is 7.86. The third-order valence-electron chi connectivity index (χ3n) is 5.07. The predicted octanol–water partition coefficient (Wildman–Crippen LogP) is 3.21. The van der Waals surface area contributed by atoms with E-state index in [1.807, 2.05) is 12.1 Å². The molecule has 6 rings (SSSR count). The molecule has 4 N–H and O–H groups in total. The number of nitrogens with zero attached hydrogens (tertiary/aromatic N) is 4. The fourth-order valence-corrected chi connectivity index (χ4v) is 3.29. The van der Waals surface area contributed by atoms with Crippen molar-refractivity contribution in [3.63, 3.8) is 0 Å². The second-order valence-corrected chi connectivity index (χ2v) is 7.43. The standard InChI is InChI=1S/2C13H10N3O2.Zn/c2*17-11-4-2-1-3-10(11)13-16-15-12(18-13)9-5-7-14-8-6-9;/h2*1-8,16-17H;/q2*-1;+2. The third kappa shape index (κ3) is 5.91. The molecule has 4 aromatic rings. The molecule has 180 valence electrons. The van der Waals surface area contributed by atoms with E-state index in [2.05, 4.69) is 31.0 Å². The minimum Gasteiger partial charge on any atom is -0.565 e. The van der Waals surface area contributed by atoms with Gasteiger partial charge in [0.2, 0.25) is 11.8 Å². The maximum Gasteiger partial charge on any atom is 2.00 e. The van der Waals surface area contributed by atoms with Gasteiger partial charge < -0.3 is 19.7 Å². The molecule has 0 unspecified atom stereocenters. The van der Waals surface area contributed by atoms with Crippen molar-refractivity contribution in [2.45, 2.75) is 0 Å². The smallest absolute Gasteiger partial charge is 0.565 e. The first kappa shape index (κ1) is 25.3. The summed E-state index contributed by atoms with van der Waals surface area (Å²) in [6.07, 6.45) is 7.50. The van der Waals surface area contributed by atoms with Gasteiger partial charge >= 0.3 is 19.5 Å². The Balaban J connectivity index is 0.000000168. The summed E-state index contributed by atoms with van der Waals surface area (Å²) in [5.74, 6) is 1.20. The van der Waals surface area contributed by atoms with Gasteiger partial charge in [-0.1, -0.05) is 35.4 Å². The van der Waals surface area contributed by atoms with Gasteiger partial charge in [0.15, 0.2) is 0 Å². The first-order chi connectivity index (χ1) is 17.7. The normalized spacial score (nSPS) is 13.4. The van der Waals surface area contributed by atoms with E-state index in [9.17, 15) is 10.2 Å². The van der Waals surface area contributed by atoms with Crippen LogP contribution in [0.5, 0.6) is 11.5 Å². The molecule has 2 aliphatic heterocycles. The average molecular weight is 546 g/mol. The van der Waals surface area contributed by atoms with Gasteiger partial charge in [0.25, 0.3) is 0 Å². The van der Waals surface area contributed by atoms with Crippen LogP contribution in [0.25, 0.3) is 0 Å². The molecule has 0 bridgehead atoms. The van der Waals surface area contributed by atoms with Crippen LogP contribution in [0.15, 0.2) is 108 Å². The van der Waals surface area contributed by atoms with Crippen LogP contribution in [0.4, 0.5) is 0 Å². The number of aromatic nitrogens is 2. The zero-order valence-corrected chi connectivity index (χ0v) is 22.4. The van der Waals surface area contributed by atoms with Crippen molar-refractivity contribution in [3.05, 3.63) is 132 Å². The molecule has 0 radical (unpaired) electrons. The summed E-state index contributed by atoms with van der Waals surface area (Å²) in [6, 6.07) is 21.0. The van der Waals surface area contributed by atoms with Gasteiger partial charge in [-0.15, -0.1) is 22.3 Å². The number of phenols is 2. The molecule has 2 aliphatic rings. The van der Waals surface area contributed by atoms with E-state index in [-0.39, 0.29) is 31.0 Å². The van der Waals surface area contributed by atoms with Crippen LogP contribution in [0.3, 0.4) is 0 Å². The van der Waals surface area contributed by atoms with E-state index in [0.29, 0.717) is 35.4 Å². The van der Waals surface area contributed by atoms with Crippen molar-refractivity contribution in [2.75, 3.05) is 0 Å². The molecule has 11 heteroatoms. The molecule has 2 aromatic carbocycles. The Morgan fingerprint density at radius 2 is 0.946 bits per heavy atom. The van der Waals surface area contributed by atoms with E-state index in [0.717, 1.165) is 11.1 Å². The van der Waals surface area contributed by atoms with Crippen LogP contribution in [0.1, 0.15) is 22.3 Å². The number of ether oxygens (including phenoxy) is 2. The molecule has 4 heterocycles. The first-order valence-electron chi connectivity index (χ1n) is 10.8. The number of hydrogen-bond acceptors (Lipinski definition) is 10. The number of benzene rings is 2. The Hall–Kier alpha value is -4.76. The van der Waals surface area contributed by atoms with Crippen LogP contribution in [0, 0.1) is 12.5 Å². The Labute approximate surface area is 225 Å². The Morgan fingerprint density at radius 1 is 0.568 bits per heavy atom. The Morgan fingerprint density at radius 3 is 1.32 bits per heavy atom. The minimum atomic E-state index is 0. The molecule has 0 spiro atoms. The summed E-state index contributed by atoms with van der Waals surface area (Å²) in [5.41, 5.74) is 8.32. The maximum absolute atomic E-state index is 9.73. The van der Waals surface area contributed by atoms with Gasteiger partial charge in [-0.3, -0.25) is 20.8 Å². The quantitative estimate of drug-likeness (QED) is 0.227. The SMILES string of the molecule is Oc1ccccc1[C-]1NN=C(c2ccncc2)O1.Oc1ccccc1[C-]1NN=C(c2ccncc2)O1.[Zn+2]. The molecule has 0 aliphatic carbocycles. The van der Waals surface area contributed by atoms with E-state index >= 15 is 0 Å². The van der Waals surface area contributed by atoms with Crippen molar-refractivity contribution < 1.29 is 39.2 Å². The fraction of sp³-hybridized carbons (Fsp3) is 0. The second kappa shape index (κ2) is 11.8. The molecule has 0 fully saturated rings. The molecular weight excluding hydrogens is 526 g/mol. The van der Waals surface area contributed by atoms with Crippen molar-refractivity contribution in [2.24, 2.45) is 10.2 Å². The molecule has 0 atom stereocenters. The van der Waals surface area contributed by atoms with Gasteiger partial charge in [0.1, 0.15) is 12.5 Å². The van der Waals surface area contributed by atoms with Gasteiger partial charge in [-0.25, -0.2) is 0 Å². The Kier molecular flexibility index (Phi) is 8.07.